The molecule has 0 saturated carbocycles. The van der Waals surface area contributed by atoms with Crippen molar-refractivity contribution >= 4 is 23.9 Å². The molecule has 3 aromatic rings. The van der Waals surface area contributed by atoms with Gasteiger partial charge in [0.1, 0.15) is 30.3 Å². The highest BCUT2D eigenvalue weighted by Gasteiger charge is 2.30. The second-order valence-corrected chi connectivity index (χ2v) is 11.0. The molecule has 0 aliphatic carbocycles. The second kappa shape index (κ2) is 15.4. The zero-order valence-corrected chi connectivity index (χ0v) is 24.5. The van der Waals surface area contributed by atoms with Crippen molar-refractivity contribution < 1.29 is 28.7 Å². The van der Waals surface area contributed by atoms with Crippen LogP contribution < -0.4 is 16.0 Å². The summed E-state index contributed by atoms with van der Waals surface area (Å²) in [5.41, 5.74) is 1.67. The molecule has 0 radical (unpaired) electrons. The minimum absolute atomic E-state index is 0.0710. The number of benzene rings is 3. The average molecular weight is 574 g/mol. The molecule has 0 saturated heterocycles. The minimum Gasteiger partial charge on any atom is -0.459 e. The van der Waals surface area contributed by atoms with Gasteiger partial charge in [-0.2, -0.15) is 0 Å². The lowest BCUT2D eigenvalue weighted by molar-refractivity contribution is -0.148. The Balaban J connectivity index is 1.74. The van der Waals surface area contributed by atoms with Crippen LogP contribution in [0.4, 0.5) is 4.79 Å². The lowest BCUT2D eigenvalue weighted by Crippen LogP contribution is -2.57. The largest absolute Gasteiger partial charge is 0.459 e. The second-order valence-electron chi connectivity index (χ2n) is 11.0. The Labute approximate surface area is 247 Å². The third-order valence-corrected chi connectivity index (χ3v) is 6.14. The number of alkyl carbamates (subject to hydrolysis) is 1. The zero-order chi connectivity index (χ0) is 30.5. The monoisotopic (exact) mass is 573 g/mol. The number of ether oxygens (including phenoxy) is 2. The molecule has 222 valence electrons. The SMILES string of the molecule is C[C@@H](NC(=O)[C@H](Cc1ccccc1)NC(=O)[C@H](Cc1ccccc1)NC(=O)OC(C)(C)C)C(=O)OCc1ccccc1. The Morgan fingerprint density at radius 3 is 1.55 bits per heavy atom. The average Bonchev–Trinajstić information content (AvgIpc) is 2.95. The van der Waals surface area contributed by atoms with Gasteiger partial charge in [-0.3, -0.25) is 9.59 Å². The molecule has 3 amide bonds. The predicted molar refractivity (Wildman–Crippen MR) is 159 cm³/mol. The van der Waals surface area contributed by atoms with Crippen molar-refractivity contribution in [1.29, 1.82) is 0 Å². The van der Waals surface area contributed by atoms with Gasteiger partial charge in [0.2, 0.25) is 11.8 Å². The summed E-state index contributed by atoms with van der Waals surface area (Å²) in [5, 5.41) is 8.09. The standard InChI is InChI=1S/C33H39N3O6/c1-23(31(39)41-22-26-18-12-7-13-19-26)34-29(37)27(20-24-14-8-5-9-15-24)35-30(38)28(21-25-16-10-6-11-17-25)36-32(40)42-33(2,3)4/h5-19,23,27-28H,20-22H2,1-4H3,(H,34,37)(H,35,38)(H,36,40)/t23-,27+,28+/m1/s1. The predicted octanol–water partition coefficient (Wildman–Crippen LogP) is 4.10. The van der Waals surface area contributed by atoms with Crippen molar-refractivity contribution in [3.05, 3.63) is 108 Å². The molecule has 3 atom stereocenters. The number of esters is 1. The van der Waals surface area contributed by atoms with E-state index in [1.54, 1.807) is 20.8 Å². The van der Waals surface area contributed by atoms with Crippen LogP contribution in [0, 0.1) is 0 Å². The van der Waals surface area contributed by atoms with Gasteiger partial charge in [-0.05, 0) is 44.4 Å². The summed E-state index contributed by atoms with van der Waals surface area (Å²) in [6, 6.07) is 24.6. The van der Waals surface area contributed by atoms with E-state index >= 15 is 0 Å². The van der Waals surface area contributed by atoms with Crippen LogP contribution in [-0.2, 0) is 43.3 Å². The molecule has 3 N–H and O–H groups in total. The maximum absolute atomic E-state index is 13.6. The Morgan fingerprint density at radius 2 is 1.07 bits per heavy atom. The number of amides is 3. The van der Waals surface area contributed by atoms with E-state index in [0.717, 1.165) is 16.7 Å². The van der Waals surface area contributed by atoms with E-state index in [-0.39, 0.29) is 19.4 Å². The van der Waals surface area contributed by atoms with Crippen molar-refractivity contribution in [3.8, 4) is 0 Å². The molecule has 0 fully saturated rings. The van der Waals surface area contributed by atoms with Crippen molar-refractivity contribution in [2.45, 2.75) is 70.9 Å². The topological polar surface area (TPSA) is 123 Å². The minimum atomic E-state index is -1.04. The Kier molecular flexibility index (Phi) is 11.7. The molecular formula is C33H39N3O6. The fourth-order valence-electron chi connectivity index (χ4n) is 4.07. The molecule has 0 aliphatic heterocycles. The van der Waals surface area contributed by atoms with Crippen LogP contribution in [0.3, 0.4) is 0 Å². The van der Waals surface area contributed by atoms with E-state index in [4.69, 9.17) is 9.47 Å². The number of carbonyl (C=O) groups is 4. The smallest absolute Gasteiger partial charge is 0.408 e. The van der Waals surface area contributed by atoms with Gasteiger partial charge in [0.05, 0.1) is 0 Å². The van der Waals surface area contributed by atoms with E-state index in [2.05, 4.69) is 16.0 Å². The summed E-state index contributed by atoms with van der Waals surface area (Å²) in [4.78, 5) is 52.2. The first-order valence-corrected chi connectivity index (χ1v) is 13.9. The summed E-state index contributed by atoms with van der Waals surface area (Å²) in [6.45, 7) is 6.78. The van der Waals surface area contributed by atoms with Crippen LogP contribution in [0.2, 0.25) is 0 Å². The van der Waals surface area contributed by atoms with Crippen LogP contribution in [0.25, 0.3) is 0 Å². The van der Waals surface area contributed by atoms with Crippen molar-refractivity contribution in [2.24, 2.45) is 0 Å². The van der Waals surface area contributed by atoms with Crippen LogP contribution in [-0.4, -0.2) is 47.6 Å². The highest BCUT2D eigenvalue weighted by atomic mass is 16.6. The quantitative estimate of drug-likeness (QED) is 0.281. The molecule has 9 nitrogen and oxygen atoms in total. The Bertz CT molecular complexity index is 1310. The van der Waals surface area contributed by atoms with E-state index in [0.29, 0.717) is 0 Å². The van der Waals surface area contributed by atoms with Gasteiger partial charge < -0.3 is 25.4 Å². The third-order valence-electron chi connectivity index (χ3n) is 6.14. The van der Waals surface area contributed by atoms with E-state index < -0.39 is 47.6 Å². The highest BCUT2D eigenvalue weighted by molar-refractivity contribution is 5.93. The van der Waals surface area contributed by atoms with Crippen LogP contribution in [0.5, 0.6) is 0 Å². The molecule has 42 heavy (non-hydrogen) atoms. The van der Waals surface area contributed by atoms with Gasteiger partial charge in [0.15, 0.2) is 0 Å². The molecule has 0 bridgehead atoms. The molecule has 3 aromatic carbocycles. The van der Waals surface area contributed by atoms with Gasteiger partial charge in [-0.15, -0.1) is 0 Å². The Hall–Kier alpha value is -4.66. The normalized spacial score (nSPS) is 13.1. The molecule has 0 heterocycles. The van der Waals surface area contributed by atoms with Crippen molar-refractivity contribution in [1.82, 2.24) is 16.0 Å². The molecule has 0 aliphatic rings. The first kappa shape index (κ1) is 31.9. The van der Waals surface area contributed by atoms with Gasteiger partial charge in [0.25, 0.3) is 0 Å². The maximum atomic E-state index is 13.6. The summed E-state index contributed by atoms with van der Waals surface area (Å²) in [6.07, 6.45) is -0.417. The summed E-state index contributed by atoms with van der Waals surface area (Å²) >= 11 is 0. The molecule has 3 rings (SSSR count). The number of carbonyl (C=O) groups excluding carboxylic acids is 4. The third kappa shape index (κ3) is 11.1. The number of rotatable bonds is 12. The van der Waals surface area contributed by atoms with Crippen molar-refractivity contribution in [3.63, 3.8) is 0 Å². The first-order valence-electron chi connectivity index (χ1n) is 13.9. The van der Waals surface area contributed by atoms with Crippen LogP contribution in [0.1, 0.15) is 44.4 Å². The number of nitrogens with one attached hydrogen (secondary N) is 3. The van der Waals surface area contributed by atoms with Gasteiger partial charge in [0, 0.05) is 12.8 Å². The lowest BCUT2D eigenvalue weighted by atomic mass is 10.0. The lowest BCUT2D eigenvalue weighted by Gasteiger charge is -2.26. The maximum Gasteiger partial charge on any atom is 0.408 e. The van der Waals surface area contributed by atoms with E-state index in [9.17, 15) is 19.2 Å². The molecular weight excluding hydrogens is 534 g/mol. The Morgan fingerprint density at radius 1 is 0.643 bits per heavy atom. The molecule has 0 aromatic heterocycles. The zero-order valence-electron chi connectivity index (χ0n) is 24.5. The summed E-state index contributed by atoms with van der Waals surface area (Å²) in [7, 11) is 0. The molecule has 0 unspecified atom stereocenters. The van der Waals surface area contributed by atoms with Crippen LogP contribution >= 0.6 is 0 Å². The number of hydrogen-bond acceptors (Lipinski definition) is 6. The highest BCUT2D eigenvalue weighted by Crippen LogP contribution is 2.10. The van der Waals surface area contributed by atoms with Gasteiger partial charge >= 0.3 is 12.1 Å². The summed E-state index contributed by atoms with van der Waals surface area (Å²) < 4.78 is 10.7. The van der Waals surface area contributed by atoms with E-state index in [1.807, 2.05) is 91.0 Å². The van der Waals surface area contributed by atoms with E-state index in [1.165, 1.54) is 6.92 Å². The summed E-state index contributed by atoms with van der Waals surface area (Å²) in [5.74, 6) is -1.74. The van der Waals surface area contributed by atoms with Crippen molar-refractivity contribution in [2.75, 3.05) is 0 Å². The molecule has 0 spiro atoms. The fraction of sp³-hybridized carbons (Fsp3) is 0.333. The fourth-order valence-corrected chi connectivity index (χ4v) is 4.07. The van der Waals surface area contributed by atoms with Gasteiger partial charge in [-0.25, -0.2) is 9.59 Å². The number of hydrogen-bond donors (Lipinski definition) is 3. The van der Waals surface area contributed by atoms with Crippen LogP contribution in [0.15, 0.2) is 91.0 Å². The molecule has 9 heteroatoms. The first-order chi connectivity index (χ1) is 20.0. The van der Waals surface area contributed by atoms with Gasteiger partial charge in [-0.1, -0.05) is 91.0 Å².